The van der Waals surface area contributed by atoms with Crippen LogP contribution in [-0.2, 0) is 0 Å². The van der Waals surface area contributed by atoms with Crippen molar-refractivity contribution in [1.29, 1.82) is 0 Å². The van der Waals surface area contributed by atoms with Gasteiger partial charge in [-0.05, 0) is 36.9 Å². The number of urea groups is 1. The maximum atomic E-state index is 12.3. The van der Waals surface area contributed by atoms with Crippen molar-refractivity contribution >= 4 is 17.8 Å². The van der Waals surface area contributed by atoms with Crippen LogP contribution in [0, 0.1) is 0 Å². The molecule has 4 nitrogen and oxygen atoms in total. The SMILES string of the molecule is CCSc1ccc(C(C)NC(=O)N2CCN(CC)CC2)cc1. The molecule has 22 heavy (non-hydrogen) atoms. The lowest BCUT2D eigenvalue weighted by Gasteiger charge is -2.34. The van der Waals surface area contributed by atoms with E-state index in [9.17, 15) is 4.79 Å². The van der Waals surface area contributed by atoms with Crippen molar-refractivity contribution < 1.29 is 4.79 Å². The van der Waals surface area contributed by atoms with E-state index in [1.54, 1.807) is 0 Å². The van der Waals surface area contributed by atoms with Gasteiger partial charge in [0.25, 0.3) is 0 Å². The van der Waals surface area contributed by atoms with E-state index in [4.69, 9.17) is 0 Å². The van der Waals surface area contributed by atoms with Crippen LogP contribution in [0.1, 0.15) is 32.4 Å². The molecule has 1 heterocycles. The highest BCUT2D eigenvalue weighted by molar-refractivity contribution is 7.99. The quantitative estimate of drug-likeness (QED) is 0.846. The molecule has 2 amide bonds. The lowest BCUT2D eigenvalue weighted by atomic mass is 10.1. The Morgan fingerprint density at radius 3 is 2.36 bits per heavy atom. The minimum atomic E-state index is 0.0392. The molecule has 1 aromatic carbocycles. The van der Waals surface area contributed by atoms with E-state index in [-0.39, 0.29) is 12.1 Å². The number of carbonyl (C=O) groups is 1. The molecule has 1 N–H and O–H groups in total. The van der Waals surface area contributed by atoms with Gasteiger partial charge in [0.05, 0.1) is 6.04 Å². The molecule has 1 aliphatic heterocycles. The molecule has 0 radical (unpaired) electrons. The van der Waals surface area contributed by atoms with Gasteiger partial charge in [-0.25, -0.2) is 4.79 Å². The van der Waals surface area contributed by atoms with Crippen molar-refractivity contribution in [3.05, 3.63) is 29.8 Å². The molecule has 1 fully saturated rings. The summed E-state index contributed by atoms with van der Waals surface area (Å²) in [5.41, 5.74) is 1.15. The Balaban J connectivity index is 1.85. The van der Waals surface area contributed by atoms with Crippen LogP contribution < -0.4 is 5.32 Å². The van der Waals surface area contributed by atoms with Gasteiger partial charge in [0.15, 0.2) is 0 Å². The van der Waals surface area contributed by atoms with Gasteiger partial charge >= 0.3 is 6.03 Å². The second-order valence-electron chi connectivity index (χ2n) is 5.59. The minimum absolute atomic E-state index is 0.0392. The standard InChI is InChI=1S/C17H27N3OS/c1-4-19-10-12-20(13-11-19)17(21)18-14(3)15-6-8-16(9-7-15)22-5-2/h6-9,14H,4-5,10-13H2,1-3H3,(H,18,21). The third kappa shape index (κ3) is 4.65. The normalized spacial score (nSPS) is 17.3. The maximum absolute atomic E-state index is 12.3. The van der Waals surface area contributed by atoms with Gasteiger partial charge in [-0.3, -0.25) is 0 Å². The number of thioether (sulfide) groups is 1. The Morgan fingerprint density at radius 2 is 1.82 bits per heavy atom. The first-order chi connectivity index (χ1) is 10.6. The van der Waals surface area contributed by atoms with Gasteiger partial charge in [-0.2, -0.15) is 0 Å². The average molecular weight is 321 g/mol. The molecule has 0 spiro atoms. The number of amides is 2. The maximum Gasteiger partial charge on any atom is 0.317 e. The molecular formula is C17H27N3OS. The Bertz CT molecular complexity index is 469. The fourth-order valence-corrected chi connectivity index (χ4v) is 3.31. The fourth-order valence-electron chi connectivity index (χ4n) is 2.65. The topological polar surface area (TPSA) is 35.6 Å². The molecule has 1 unspecified atom stereocenters. The monoisotopic (exact) mass is 321 g/mol. The van der Waals surface area contributed by atoms with Gasteiger partial charge < -0.3 is 15.1 Å². The van der Waals surface area contributed by atoms with Crippen molar-refractivity contribution in [3.63, 3.8) is 0 Å². The van der Waals surface area contributed by atoms with E-state index in [0.29, 0.717) is 0 Å². The molecule has 0 aromatic heterocycles. The van der Waals surface area contributed by atoms with Gasteiger partial charge in [0.2, 0.25) is 0 Å². The second-order valence-corrected chi connectivity index (χ2v) is 6.93. The van der Waals surface area contributed by atoms with Crippen molar-refractivity contribution in [2.75, 3.05) is 38.5 Å². The predicted octanol–water partition coefficient (Wildman–Crippen LogP) is 3.21. The molecule has 2 rings (SSSR count). The highest BCUT2D eigenvalue weighted by Crippen LogP contribution is 2.20. The van der Waals surface area contributed by atoms with E-state index in [2.05, 4.69) is 48.3 Å². The summed E-state index contributed by atoms with van der Waals surface area (Å²) in [5, 5.41) is 3.11. The smallest absolute Gasteiger partial charge is 0.317 e. The van der Waals surface area contributed by atoms with E-state index >= 15 is 0 Å². The Labute approximate surface area is 138 Å². The molecular weight excluding hydrogens is 294 g/mol. The minimum Gasteiger partial charge on any atom is -0.331 e. The molecule has 1 atom stereocenters. The molecule has 0 bridgehead atoms. The summed E-state index contributed by atoms with van der Waals surface area (Å²) in [7, 11) is 0. The molecule has 1 aliphatic rings. The highest BCUT2D eigenvalue weighted by atomic mass is 32.2. The van der Waals surface area contributed by atoms with Crippen LogP contribution >= 0.6 is 11.8 Å². The predicted molar refractivity (Wildman–Crippen MR) is 93.5 cm³/mol. The summed E-state index contributed by atoms with van der Waals surface area (Å²) in [5.74, 6) is 1.08. The lowest BCUT2D eigenvalue weighted by molar-refractivity contribution is 0.141. The van der Waals surface area contributed by atoms with Crippen LogP contribution in [0.15, 0.2) is 29.2 Å². The molecule has 0 aliphatic carbocycles. The van der Waals surface area contributed by atoms with E-state index in [1.807, 2.05) is 23.6 Å². The number of hydrogen-bond acceptors (Lipinski definition) is 3. The Morgan fingerprint density at radius 1 is 1.18 bits per heavy atom. The summed E-state index contributed by atoms with van der Waals surface area (Å²) in [6.07, 6.45) is 0. The van der Waals surface area contributed by atoms with Crippen molar-refractivity contribution in [2.45, 2.75) is 31.7 Å². The van der Waals surface area contributed by atoms with E-state index in [1.165, 1.54) is 4.90 Å². The number of carbonyl (C=O) groups excluding carboxylic acids is 1. The molecule has 0 saturated carbocycles. The van der Waals surface area contributed by atoms with Crippen LogP contribution in [0.25, 0.3) is 0 Å². The summed E-state index contributed by atoms with van der Waals surface area (Å²) >= 11 is 1.83. The highest BCUT2D eigenvalue weighted by Gasteiger charge is 2.21. The molecule has 1 aromatic rings. The molecule has 5 heteroatoms. The zero-order valence-electron chi connectivity index (χ0n) is 13.8. The van der Waals surface area contributed by atoms with Crippen LogP contribution in [-0.4, -0.2) is 54.3 Å². The summed E-state index contributed by atoms with van der Waals surface area (Å²) < 4.78 is 0. The first-order valence-electron chi connectivity index (χ1n) is 8.14. The first-order valence-corrected chi connectivity index (χ1v) is 9.13. The summed E-state index contributed by atoms with van der Waals surface area (Å²) in [4.78, 5) is 17.9. The van der Waals surface area contributed by atoms with Crippen molar-refractivity contribution in [1.82, 2.24) is 15.1 Å². The molecule has 122 valence electrons. The number of rotatable bonds is 5. The third-order valence-electron chi connectivity index (χ3n) is 4.14. The van der Waals surface area contributed by atoms with Crippen LogP contribution in [0.5, 0.6) is 0 Å². The van der Waals surface area contributed by atoms with Gasteiger partial charge in [0, 0.05) is 31.1 Å². The third-order valence-corrected chi connectivity index (χ3v) is 5.03. The molecule has 1 saturated heterocycles. The zero-order valence-corrected chi connectivity index (χ0v) is 14.7. The van der Waals surface area contributed by atoms with Crippen molar-refractivity contribution in [3.8, 4) is 0 Å². The van der Waals surface area contributed by atoms with Gasteiger partial charge in [-0.15, -0.1) is 11.8 Å². The average Bonchev–Trinajstić information content (AvgIpc) is 2.55. The lowest BCUT2D eigenvalue weighted by Crippen LogP contribution is -2.51. The van der Waals surface area contributed by atoms with E-state index < -0.39 is 0 Å². The van der Waals surface area contributed by atoms with Gasteiger partial charge in [-0.1, -0.05) is 26.0 Å². The van der Waals surface area contributed by atoms with Crippen LogP contribution in [0.2, 0.25) is 0 Å². The first kappa shape index (κ1) is 17.2. The number of nitrogens with one attached hydrogen (secondary N) is 1. The zero-order chi connectivity index (χ0) is 15.9. The fraction of sp³-hybridized carbons (Fsp3) is 0.588. The summed E-state index contributed by atoms with van der Waals surface area (Å²) in [6, 6.07) is 8.57. The largest absolute Gasteiger partial charge is 0.331 e. The number of likely N-dealkylation sites (N-methyl/N-ethyl adjacent to an activating group) is 1. The summed E-state index contributed by atoms with van der Waals surface area (Å²) in [6.45, 7) is 11.0. The number of benzene rings is 1. The number of hydrogen-bond donors (Lipinski definition) is 1. The second kappa shape index (κ2) is 8.44. The Hall–Kier alpha value is -1.20. The van der Waals surface area contributed by atoms with E-state index in [0.717, 1.165) is 44.0 Å². The van der Waals surface area contributed by atoms with Crippen molar-refractivity contribution in [2.24, 2.45) is 0 Å². The number of piperazine rings is 1. The van der Waals surface area contributed by atoms with Crippen LogP contribution in [0.4, 0.5) is 4.79 Å². The van der Waals surface area contributed by atoms with Crippen LogP contribution in [0.3, 0.4) is 0 Å². The van der Waals surface area contributed by atoms with Gasteiger partial charge in [0.1, 0.15) is 0 Å². The Kier molecular flexibility index (Phi) is 6.58. The number of nitrogens with zero attached hydrogens (tertiary/aromatic N) is 2.